The van der Waals surface area contributed by atoms with Crippen LogP contribution >= 0.6 is 15.9 Å². The van der Waals surface area contributed by atoms with Gasteiger partial charge < -0.3 is 15.5 Å². The molecule has 27 heavy (non-hydrogen) atoms. The number of nitrogens with zero attached hydrogens (tertiary/aromatic N) is 2. The third kappa shape index (κ3) is 5.80. The van der Waals surface area contributed by atoms with Crippen LogP contribution in [-0.4, -0.2) is 54.5 Å². The van der Waals surface area contributed by atoms with Gasteiger partial charge in [-0.15, -0.1) is 0 Å². The molecular formula is C20H23BrN4O2. The molecule has 3 rings (SSSR count). The van der Waals surface area contributed by atoms with Crippen molar-refractivity contribution in [1.82, 2.24) is 9.80 Å². The van der Waals surface area contributed by atoms with Gasteiger partial charge in [-0.05, 0) is 46.6 Å². The minimum absolute atomic E-state index is 0.0349. The summed E-state index contributed by atoms with van der Waals surface area (Å²) < 4.78 is 0.854. The number of amides is 3. The Balaban J connectivity index is 1.49. The molecule has 1 fully saturated rings. The maximum atomic E-state index is 12.5. The molecule has 7 heteroatoms. The van der Waals surface area contributed by atoms with Gasteiger partial charge in [0.1, 0.15) is 0 Å². The monoisotopic (exact) mass is 430 g/mol. The van der Waals surface area contributed by atoms with Crippen molar-refractivity contribution >= 4 is 39.2 Å². The van der Waals surface area contributed by atoms with E-state index in [1.165, 1.54) is 0 Å². The van der Waals surface area contributed by atoms with Crippen LogP contribution in [0.25, 0.3) is 0 Å². The van der Waals surface area contributed by atoms with E-state index in [2.05, 4.69) is 31.5 Å². The summed E-state index contributed by atoms with van der Waals surface area (Å²) >= 11 is 3.44. The van der Waals surface area contributed by atoms with Crippen LogP contribution in [0.4, 0.5) is 16.2 Å². The SMILES string of the molecule is O=C(CN1CCCN(C(=O)Nc2ccccc2Br)CC1)Nc1ccccc1. The molecule has 1 saturated heterocycles. The van der Waals surface area contributed by atoms with Crippen molar-refractivity contribution in [2.24, 2.45) is 0 Å². The normalized spacial score (nSPS) is 15.1. The number of nitrogens with one attached hydrogen (secondary N) is 2. The Morgan fingerprint density at radius 3 is 2.41 bits per heavy atom. The van der Waals surface area contributed by atoms with Gasteiger partial charge in [0.05, 0.1) is 12.2 Å². The Kier molecular flexibility index (Phi) is 6.84. The van der Waals surface area contributed by atoms with E-state index < -0.39 is 0 Å². The first kappa shape index (κ1) is 19.4. The van der Waals surface area contributed by atoms with Gasteiger partial charge in [0.25, 0.3) is 0 Å². The van der Waals surface area contributed by atoms with Gasteiger partial charge in [0.15, 0.2) is 0 Å². The molecular weight excluding hydrogens is 408 g/mol. The molecule has 6 nitrogen and oxygen atoms in total. The third-order valence-corrected chi connectivity index (χ3v) is 5.11. The summed E-state index contributed by atoms with van der Waals surface area (Å²) in [7, 11) is 0. The highest BCUT2D eigenvalue weighted by Crippen LogP contribution is 2.21. The molecule has 1 heterocycles. The van der Waals surface area contributed by atoms with Crippen LogP contribution in [0.2, 0.25) is 0 Å². The first-order valence-electron chi connectivity index (χ1n) is 8.99. The minimum Gasteiger partial charge on any atom is -0.325 e. The number of carbonyl (C=O) groups is 2. The van der Waals surface area contributed by atoms with E-state index in [4.69, 9.17) is 0 Å². The van der Waals surface area contributed by atoms with Crippen molar-refractivity contribution in [3.05, 3.63) is 59.1 Å². The molecule has 0 unspecified atom stereocenters. The summed E-state index contributed by atoms with van der Waals surface area (Å²) in [5, 5.41) is 5.84. The number of benzene rings is 2. The summed E-state index contributed by atoms with van der Waals surface area (Å²) in [6.45, 7) is 3.06. The number of anilines is 2. The smallest absolute Gasteiger partial charge is 0.321 e. The lowest BCUT2D eigenvalue weighted by molar-refractivity contribution is -0.117. The van der Waals surface area contributed by atoms with E-state index in [1.54, 1.807) is 4.90 Å². The summed E-state index contributed by atoms with van der Waals surface area (Å²) in [6.07, 6.45) is 0.835. The van der Waals surface area contributed by atoms with Gasteiger partial charge in [0, 0.05) is 36.3 Å². The van der Waals surface area contributed by atoms with Crippen LogP contribution in [0, 0.1) is 0 Å². The first-order chi connectivity index (χ1) is 13.1. The van der Waals surface area contributed by atoms with Gasteiger partial charge in [-0.2, -0.15) is 0 Å². The Morgan fingerprint density at radius 2 is 1.63 bits per heavy atom. The van der Waals surface area contributed by atoms with E-state index in [0.717, 1.165) is 28.8 Å². The molecule has 1 aliphatic heterocycles. The Labute approximate surface area is 167 Å². The predicted molar refractivity (Wildman–Crippen MR) is 111 cm³/mol. The molecule has 0 radical (unpaired) electrons. The second-order valence-corrected chi connectivity index (χ2v) is 7.30. The third-order valence-electron chi connectivity index (χ3n) is 4.42. The number of urea groups is 1. The zero-order valence-corrected chi connectivity index (χ0v) is 16.6. The van der Waals surface area contributed by atoms with Crippen molar-refractivity contribution in [2.75, 3.05) is 43.4 Å². The number of rotatable bonds is 4. The van der Waals surface area contributed by atoms with E-state index in [-0.39, 0.29) is 11.9 Å². The van der Waals surface area contributed by atoms with Crippen molar-refractivity contribution in [1.29, 1.82) is 0 Å². The maximum absolute atomic E-state index is 12.5. The van der Waals surface area contributed by atoms with Crippen LogP contribution in [0.5, 0.6) is 0 Å². The zero-order valence-electron chi connectivity index (χ0n) is 15.0. The summed E-state index contributed by atoms with van der Waals surface area (Å²) in [5.41, 5.74) is 1.55. The zero-order chi connectivity index (χ0) is 19.1. The Morgan fingerprint density at radius 1 is 0.889 bits per heavy atom. The standard InChI is InChI=1S/C20H23BrN4O2/c21-17-9-4-5-10-18(17)23-20(27)25-12-6-11-24(13-14-25)15-19(26)22-16-7-2-1-3-8-16/h1-5,7-10H,6,11-15H2,(H,22,26)(H,23,27). The van der Waals surface area contributed by atoms with Gasteiger partial charge in [0.2, 0.25) is 5.91 Å². The van der Waals surface area contributed by atoms with E-state index in [0.29, 0.717) is 26.2 Å². The molecule has 0 bridgehead atoms. The highest BCUT2D eigenvalue weighted by molar-refractivity contribution is 9.10. The van der Waals surface area contributed by atoms with Gasteiger partial charge in [-0.1, -0.05) is 30.3 Å². The first-order valence-corrected chi connectivity index (χ1v) is 9.79. The highest BCUT2D eigenvalue weighted by atomic mass is 79.9. The number of halogens is 1. The molecule has 2 aromatic rings. The summed E-state index contributed by atoms with van der Waals surface area (Å²) in [4.78, 5) is 28.7. The van der Waals surface area contributed by atoms with E-state index in [1.807, 2.05) is 54.6 Å². The molecule has 0 aromatic heterocycles. The van der Waals surface area contributed by atoms with E-state index in [9.17, 15) is 9.59 Å². The van der Waals surface area contributed by atoms with Crippen molar-refractivity contribution in [3.63, 3.8) is 0 Å². The summed E-state index contributed by atoms with van der Waals surface area (Å²) in [5.74, 6) is -0.0349. The largest absolute Gasteiger partial charge is 0.325 e. The van der Waals surface area contributed by atoms with Crippen molar-refractivity contribution < 1.29 is 9.59 Å². The highest BCUT2D eigenvalue weighted by Gasteiger charge is 2.21. The fourth-order valence-electron chi connectivity index (χ4n) is 3.01. The van der Waals surface area contributed by atoms with Crippen LogP contribution in [0.15, 0.2) is 59.1 Å². The number of carbonyl (C=O) groups excluding carboxylic acids is 2. The second kappa shape index (κ2) is 9.53. The van der Waals surface area contributed by atoms with Gasteiger partial charge in [-0.25, -0.2) is 4.79 Å². The number of hydrogen-bond donors (Lipinski definition) is 2. The number of hydrogen-bond acceptors (Lipinski definition) is 3. The van der Waals surface area contributed by atoms with Crippen molar-refractivity contribution in [3.8, 4) is 0 Å². The molecule has 142 valence electrons. The lowest BCUT2D eigenvalue weighted by Gasteiger charge is -2.22. The van der Waals surface area contributed by atoms with E-state index >= 15 is 0 Å². The van der Waals surface area contributed by atoms with Crippen LogP contribution in [0.1, 0.15) is 6.42 Å². The average Bonchev–Trinajstić information content (AvgIpc) is 2.90. The molecule has 0 spiro atoms. The average molecular weight is 431 g/mol. The Hall–Kier alpha value is -2.38. The fraction of sp³-hybridized carbons (Fsp3) is 0.300. The molecule has 0 aliphatic carbocycles. The lowest BCUT2D eigenvalue weighted by atomic mass is 10.3. The topological polar surface area (TPSA) is 64.7 Å². The molecule has 0 atom stereocenters. The van der Waals surface area contributed by atoms with Crippen molar-refractivity contribution in [2.45, 2.75) is 6.42 Å². The quantitative estimate of drug-likeness (QED) is 0.777. The van der Waals surface area contributed by atoms with Crippen LogP contribution < -0.4 is 10.6 Å². The maximum Gasteiger partial charge on any atom is 0.321 e. The molecule has 3 amide bonds. The summed E-state index contributed by atoms with van der Waals surface area (Å²) in [6, 6.07) is 16.9. The second-order valence-electron chi connectivity index (χ2n) is 6.44. The fourth-order valence-corrected chi connectivity index (χ4v) is 3.40. The lowest BCUT2D eigenvalue weighted by Crippen LogP contribution is -2.39. The van der Waals surface area contributed by atoms with Crippen LogP contribution in [-0.2, 0) is 4.79 Å². The minimum atomic E-state index is -0.113. The van der Waals surface area contributed by atoms with Gasteiger partial charge >= 0.3 is 6.03 Å². The van der Waals surface area contributed by atoms with Gasteiger partial charge in [-0.3, -0.25) is 9.69 Å². The molecule has 1 aliphatic rings. The predicted octanol–water partition coefficient (Wildman–Crippen LogP) is 3.63. The molecule has 0 saturated carbocycles. The number of para-hydroxylation sites is 2. The molecule has 2 N–H and O–H groups in total. The molecule has 2 aromatic carbocycles. The Bertz CT molecular complexity index is 785. The van der Waals surface area contributed by atoms with Crippen LogP contribution in [0.3, 0.4) is 0 Å².